The van der Waals surface area contributed by atoms with Crippen LogP contribution < -0.4 is 5.32 Å². The van der Waals surface area contributed by atoms with Crippen LogP contribution in [0, 0.1) is 18.6 Å². The third kappa shape index (κ3) is 1.99. The van der Waals surface area contributed by atoms with Crippen LogP contribution in [0.4, 0.5) is 8.78 Å². The number of nitrogens with one attached hydrogen (secondary N) is 1. The highest BCUT2D eigenvalue weighted by molar-refractivity contribution is 5.30. The minimum atomic E-state index is -0.549. The lowest BCUT2D eigenvalue weighted by Crippen LogP contribution is -2.15. The first-order chi connectivity index (χ1) is 6.60. The summed E-state index contributed by atoms with van der Waals surface area (Å²) in [6, 6.07) is 2.11. The fourth-order valence-corrected chi connectivity index (χ4v) is 1.32. The van der Waals surface area contributed by atoms with Crippen LogP contribution in [0.2, 0.25) is 0 Å². The van der Waals surface area contributed by atoms with Gasteiger partial charge in [-0.2, -0.15) is 0 Å². The summed E-state index contributed by atoms with van der Waals surface area (Å²) < 4.78 is 26.3. The average Bonchev–Trinajstić information content (AvgIpc) is 2.15. The van der Waals surface area contributed by atoms with Gasteiger partial charge < -0.3 is 5.32 Å². The SMILES string of the molecule is C=CC(NC)c1cc(C)c(F)cc1F. The second kappa shape index (κ2) is 4.33. The number of rotatable bonds is 3. The van der Waals surface area contributed by atoms with E-state index in [0.717, 1.165) is 6.07 Å². The molecule has 0 aromatic heterocycles. The van der Waals surface area contributed by atoms with Crippen molar-refractivity contribution < 1.29 is 8.78 Å². The van der Waals surface area contributed by atoms with Crippen molar-refractivity contribution in [1.29, 1.82) is 0 Å². The van der Waals surface area contributed by atoms with Gasteiger partial charge in [0, 0.05) is 11.6 Å². The molecule has 1 atom stereocenters. The molecule has 0 spiro atoms. The molecule has 76 valence electrons. The molecule has 0 aliphatic heterocycles. The second-order valence-corrected chi connectivity index (χ2v) is 3.12. The first-order valence-electron chi connectivity index (χ1n) is 4.35. The highest BCUT2D eigenvalue weighted by atomic mass is 19.1. The van der Waals surface area contributed by atoms with Crippen LogP contribution in [0.1, 0.15) is 17.2 Å². The van der Waals surface area contributed by atoms with Crippen molar-refractivity contribution in [2.75, 3.05) is 7.05 Å². The summed E-state index contributed by atoms with van der Waals surface area (Å²) >= 11 is 0. The highest BCUT2D eigenvalue weighted by Crippen LogP contribution is 2.21. The number of likely N-dealkylation sites (N-methyl/N-ethyl adjacent to an activating group) is 1. The van der Waals surface area contributed by atoms with E-state index in [1.807, 2.05) is 0 Å². The van der Waals surface area contributed by atoms with E-state index in [-0.39, 0.29) is 6.04 Å². The molecule has 0 radical (unpaired) electrons. The summed E-state index contributed by atoms with van der Waals surface area (Å²) in [6.45, 7) is 5.18. The van der Waals surface area contributed by atoms with Crippen molar-refractivity contribution in [2.45, 2.75) is 13.0 Å². The molecule has 0 saturated heterocycles. The number of hydrogen-bond donors (Lipinski definition) is 1. The maximum absolute atomic E-state index is 13.3. The third-order valence-corrected chi connectivity index (χ3v) is 2.16. The molecule has 1 rings (SSSR count). The largest absolute Gasteiger partial charge is 0.310 e. The molecule has 0 saturated carbocycles. The van der Waals surface area contributed by atoms with Crippen molar-refractivity contribution in [1.82, 2.24) is 5.32 Å². The molecule has 1 unspecified atom stereocenters. The monoisotopic (exact) mass is 197 g/mol. The first kappa shape index (κ1) is 10.9. The van der Waals surface area contributed by atoms with Gasteiger partial charge in [0.25, 0.3) is 0 Å². The maximum atomic E-state index is 13.3. The van der Waals surface area contributed by atoms with E-state index < -0.39 is 11.6 Å². The van der Waals surface area contributed by atoms with Crippen LogP contribution in [0.25, 0.3) is 0 Å². The molecule has 1 N–H and O–H groups in total. The minimum absolute atomic E-state index is 0.283. The van der Waals surface area contributed by atoms with E-state index in [1.54, 1.807) is 20.0 Å². The van der Waals surface area contributed by atoms with E-state index in [1.165, 1.54) is 6.07 Å². The van der Waals surface area contributed by atoms with E-state index in [2.05, 4.69) is 11.9 Å². The van der Waals surface area contributed by atoms with E-state index in [9.17, 15) is 8.78 Å². The first-order valence-corrected chi connectivity index (χ1v) is 4.35. The Morgan fingerprint density at radius 2 is 2.00 bits per heavy atom. The quantitative estimate of drug-likeness (QED) is 0.734. The fraction of sp³-hybridized carbons (Fsp3) is 0.273. The Kier molecular flexibility index (Phi) is 3.36. The van der Waals surface area contributed by atoms with Gasteiger partial charge in [-0.15, -0.1) is 6.58 Å². The Bertz CT molecular complexity index is 347. The summed E-state index contributed by atoms with van der Waals surface area (Å²) in [5.74, 6) is -1.07. The van der Waals surface area contributed by atoms with Crippen molar-refractivity contribution >= 4 is 0 Å². The summed E-state index contributed by atoms with van der Waals surface area (Å²) in [7, 11) is 1.70. The molecule has 0 bridgehead atoms. The second-order valence-electron chi connectivity index (χ2n) is 3.12. The lowest BCUT2D eigenvalue weighted by molar-refractivity contribution is 0.551. The maximum Gasteiger partial charge on any atom is 0.131 e. The van der Waals surface area contributed by atoms with Gasteiger partial charge in [0.15, 0.2) is 0 Å². The Balaban J connectivity index is 3.20. The third-order valence-electron chi connectivity index (χ3n) is 2.16. The van der Waals surface area contributed by atoms with Crippen LogP contribution in [0.5, 0.6) is 0 Å². The van der Waals surface area contributed by atoms with Gasteiger partial charge in [0.2, 0.25) is 0 Å². The topological polar surface area (TPSA) is 12.0 Å². The van der Waals surface area contributed by atoms with Crippen LogP contribution in [0.3, 0.4) is 0 Å². The van der Waals surface area contributed by atoms with E-state index in [4.69, 9.17) is 0 Å². The van der Waals surface area contributed by atoms with Crippen LogP contribution in [-0.2, 0) is 0 Å². The molecule has 0 aliphatic rings. The number of aryl methyl sites for hydroxylation is 1. The van der Waals surface area contributed by atoms with Gasteiger partial charge in [0.05, 0.1) is 6.04 Å². The number of halogens is 2. The van der Waals surface area contributed by atoms with Gasteiger partial charge in [-0.3, -0.25) is 0 Å². The normalized spacial score (nSPS) is 12.6. The van der Waals surface area contributed by atoms with Gasteiger partial charge in [0.1, 0.15) is 11.6 Å². The Labute approximate surface area is 82.4 Å². The Morgan fingerprint density at radius 3 is 2.50 bits per heavy atom. The predicted molar refractivity (Wildman–Crippen MR) is 53.1 cm³/mol. The molecule has 3 heteroatoms. The summed E-state index contributed by atoms with van der Waals surface area (Å²) in [4.78, 5) is 0. The van der Waals surface area contributed by atoms with Gasteiger partial charge in [-0.25, -0.2) is 8.78 Å². The van der Waals surface area contributed by atoms with Crippen LogP contribution in [-0.4, -0.2) is 7.05 Å². The van der Waals surface area contributed by atoms with Crippen molar-refractivity contribution in [3.8, 4) is 0 Å². The molecular formula is C11H13F2N. The molecule has 0 heterocycles. The summed E-state index contributed by atoms with van der Waals surface area (Å²) in [5, 5.41) is 2.88. The molecule has 0 fully saturated rings. The van der Waals surface area contributed by atoms with Crippen molar-refractivity contribution in [3.63, 3.8) is 0 Å². The summed E-state index contributed by atoms with van der Waals surface area (Å²) in [5.41, 5.74) is 0.852. The molecule has 0 amide bonds. The highest BCUT2D eigenvalue weighted by Gasteiger charge is 2.12. The molecular weight excluding hydrogens is 184 g/mol. The zero-order valence-corrected chi connectivity index (χ0v) is 8.27. The zero-order valence-electron chi connectivity index (χ0n) is 8.27. The Morgan fingerprint density at radius 1 is 1.36 bits per heavy atom. The molecule has 1 aromatic carbocycles. The molecule has 0 aliphatic carbocycles. The molecule has 14 heavy (non-hydrogen) atoms. The van der Waals surface area contributed by atoms with Crippen LogP contribution >= 0.6 is 0 Å². The van der Waals surface area contributed by atoms with Crippen molar-refractivity contribution in [2.24, 2.45) is 0 Å². The molecule has 1 nitrogen and oxygen atoms in total. The molecule has 1 aromatic rings. The standard InChI is InChI=1S/C11H13F2N/c1-4-11(14-3)8-5-7(2)9(12)6-10(8)13/h4-6,11,14H,1H2,2-3H3. The number of hydrogen-bond acceptors (Lipinski definition) is 1. The smallest absolute Gasteiger partial charge is 0.131 e. The van der Waals surface area contributed by atoms with Gasteiger partial charge >= 0.3 is 0 Å². The average molecular weight is 197 g/mol. The Hall–Kier alpha value is -1.22. The van der Waals surface area contributed by atoms with Crippen LogP contribution in [0.15, 0.2) is 24.8 Å². The van der Waals surface area contributed by atoms with E-state index >= 15 is 0 Å². The lowest BCUT2D eigenvalue weighted by atomic mass is 10.0. The lowest BCUT2D eigenvalue weighted by Gasteiger charge is -2.13. The van der Waals surface area contributed by atoms with E-state index in [0.29, 0.717) is 11.1 Å². The predicted octanol–water partition coefficient (Wildman–Crippen LogP) is 2.72. The van der Waals surface area contributed by atoms with Gasteiger partial charge in [-0.05, 0) is 25.6 Å². The minimum Gasteiger partial charge on any atom is -0.310 e. The number of benzene rings is 1. The van der Waals surface area contributed by atoms with Gasteiger partial charge in [-0.1, -0.05) is 6.08 Å². The fourth-order valence-electron chi connectivity index (χ4n) is 1.32. The zero-order chi connectivity index (χ0) is 10.7. The summed E-state index contributed by atoms with van der Waals surface area (Å²) in [6.07, 6.45) is 1.58. The van der Waals surface area contributed by atoms with Crippen molar-refractivity contribution in [3.05, 3.63) is 47.5 Å².